The van der Waals surface area contributed by atoms with Crippen LogP contribution in [0.3, 0.4) is 0 Å². The predicted molar refractivity (Wildman–Crippen MR) is 103 cm³/mol. The first-order chi connectivity index (χ1) is 13.6. The van der Waals surface area contributed by atoms with Crippen molar-refractivity contribution in [1.82, 2.24) is 9.97 Å². The lowest BCUT2D eigenvalue weighted by molar-refractivity contribution is -0.383. The molecule has 1 aromatic carbocycles. The van der Waals surface area contributed by atoms with Gasteiger partial charge < -0.3 is 14.5 Å². The average molecular weight is 383 g/mol. The molecule has 146 valence electrons. The molecule has 0 N–H and O–H groups in total. The van der Waals surface area contributed by atoms with Crippen LogP contribution in [-0.2, 0) is 16.0 Å². The third-order valence-corrected chi connectivity index (χ3v) is 5.44. The summed E-state index contributed by atoms with van der Waals surface area (Å²) in [7, 11) is 1.38. The van der Waals surface area contributed by atoms with Crippen molar-refractivity contribution in [2.75, 3.05) is 36.5 Å². The van der Waals surface area contributed by atoms with E-state index in [1.165, 1.54) is 13.4 Å². The van der Waals surface area contributed by atoms with Gasteiger partial charge in [-0.3, -0.25) is 14.9 Å². The molecule has 0 aliphatic carbocycles. The molecule has 2 aliphatic rings. The Balaban J connectivity index is 1.66. The van der Waals surface area contributed by atoms with Gasteiger partial charge in [0.1, 0.15) is 6.33 Å². The standard InChI is InChI=1S/C19H21N5O4/c1-28-19(25)14-6-9-22(10-7-14)17-16(24(26)27)18(21-12-20-17)23-11-8-13-4-2-3-5-15(13)23/h2-5,12,14H,6-11H2,1H3. The van der Waals surface area contributed by atoms with Crippen molar-refractivity contribution < 1.29 is 14.5 Å². The van der Waals surface area contributed by atoms with Gasteiger partial charge in [-0.25, -0.2) is 9.97 Å². The lowest BCUT2D eigenvalue weighted by Crippen LogP contribution is -2.37. The molecule has 1 aromatic heterocycles. The molecule has 3 heterocycles. The van der Waals surface area contributed by atoms with Gasteiger partial charge >= 0.3 is 11.7 Å². The zero-order valence-electron chi connectivity index (χ0n) is 15.6. The minimum Gasteiger partial charge on any atom is -0.469 e. The maximum atomic E-state index is 12.0. The monoisotopic (exact) mass is 383 g/mol. The quantitative estimate of drug-likeness (QED) is 0.451. The number of fused-ring (bicyclic) bond motifs is 1. The maximum absolute atomic E-state index is 12.0. The highest BCUT2D eigenvalue weighted by molar-refractivity contribution is 5.79. The molecular weight excluding hydrogens is 362 g/mol. The lowest BCUT2D eigenvalue weighted by Gasteiger charge is -2.31. The first-order valence-corrected chi connectivity index (χ1v) is 9.27. The van der Waals surface area contributed by atoms with E-state index in [2.05, 4.69) is 9.97 Å². The number of aromatic nitrogens is 2. The molecule has 4 rings (SSSR count). The van der Waals surface area contributed by atoms with Crippen LogP contribution in [0.15, 0.2) is 30.6 Å². The highest BCUT2D eigenvalue weighted by Gasteiger charge is 2.35. The number of nitrogens with zero attached hydrogens (tertiary/aromatic N) is 5. The number of para-hydroxylation sites is 1. The van der Waals surface area contributed by atoms with Gasteiger partial charge in [-0.15, -0.1) is 0 Å². The van der Waals surface area contributed by atoms with Crippen molar-refractivity contribution in [2.45, 2.75) is 19.3 Å². The molecule has 0 amide bonds. The zero-order chi connectivity index (χ0) is 19.7. The Morgan fingerprint density at radius 1 is 1.18 bits per heavy atom. The maximum Gasteiger partial charge on any atom is 0.353 e. The van der Waals surface area contributed by atoms with Crippen LogP contribution in [0, 0.1) is 16.0 Å². The third kappa shape index (κ3) is 3.12. The van der Waals surface area contributed by atoms with Crippen LogP contribution in [0.1, 0.15) is 18.4 Å². The Kier molecular flexibility index (Phi) is 4.81. The van der Waals surface area contributed by atoms with Gasteiger partial charge in [-0.1, -0.05) is 18.2 Å². The Labute approximate surface area is 162 Å². The Bertz CT molecular complexity index is 911. The molecule has 9 heteroatoms. The van der Waals surface area contributed by atoms with Gasteiger partial charge in [0.2, 0.25) is 11.6 Å². The molecule has 28 heavy (non-hydrogen) atoms. The molecule has 2 aromatic rings. The summed E-state index contributed by atoms with van der Waals surface area (Å²) in [6, 6.07) is 7.87. The molecule has 1 saturated heterocycles. The number of hydrogen-bond acceptors (Lipinski definition) is 8. The molecule has 1 fully saturated rings. The van der Waals surface area contributed by atoms with Gasteiger partial charge in [0.25, 0.3) is 0 Å². The molecule has 0 atom stereocenters. The topological polar surface area (TPSA) is 102 Å². The average Bonchev–Trinajstić information content (AvgIpc) is 3.16. The normalized spacial score (nSPS) is 16.8. The Morgan fingerprint density at radius 3 is 2.61 bits per heavy atom. The molecule has 0 unspecified atom stereocenters. The summed E-state index contributed by atoms with van der Waals surface area (Å²) in [6.45, 7) is 1.66. The van der Waals surface area contributed by atoms with E-state index in [4.69, 9.17) is 4.74 Å². The van der Waals surface area contributed by atoms with Crippen molar-refractivity contribution >= 4 is 29.0 Å². The SMILES string of the molecule is COC(=O)C1CCN(c2ncnc(N3CCc4ccccc43)c2[N+](=O)[O-])CC1. The lowest BCUT2D eigenvalue weighted by atomic mass is 9.97. The highest BCUT2D eigenvalue weighted by Crippen LogP contribution is 2.41. The van der Waals surface area contributed by atoms with Gasteiger partial charge in [-0.05, 0) is 30.9 Å². The molecule has 0 saturated carbocycles. The second-order valence-corrected chi connectivity index (χ2v) is 6.94. The number of nitro groups is 1. The minimum atomic E-state index is -0.405. The van der Waals surface area contributed by atoms with Gasteiger partial charge in [0.15, 0.2) is 0 Å². The summed E-state index contributed by atoms with van der Waals surface area (Å²) in [6.07, 6.45) is 3.35. The fraction of sp³-hybridized carbons (Fsp3) is 0.421. The first-order valence-electron chi connectivity index (χ1n) is 9.27. The summed E-state index contributed by atoms with van der Waals surface area (Å²) in [4.78, 5) is 35.6. The van der Waals surface area contributed by atoms with E-state index in [0.717, 1.165) is 17.7 Å². The summed E-state index contributed by atoms with van der Waals surface area (Å²) in [5, 5.41) is 12.0. The van der Waals surface area contributed by atoms with Crippen molar-refractivity contribution in [1.29, 1.82) is 0 Å². The molecule has 0 spiro atoms. The van der Waals surface area contributed by atoms with Crippen LogP contribution in [-0.4, -0.2) is 47.6 Å². The Hall–Kier alpha value is -3.23. The second-order valence-electron chi connectivity index (χ2n) is 6.94. The van der Waals surface area contributed by atoms with Gasteiger partial charge in [0.05, 0.1) is 18.0 Å². The molecule has 0 radical (unpaired) electrons. The molecule has 2 aliphatic heterocycles. The Morgan fingerprint density at radius 2 is 1.89 bits per heavy atom. The van der Waals surface area contributed by atoms with Crippen LogP contribution in [0.5, 0.6) is 0 Å². The number of carbonyl (C=O) groups excluding carboxylic acids is 1. The second kappa shape index (κ2) is 7.41. The van der Waals surface area contributed by atoms with Crippen LogP contribution < -0.4 is 9.80 Å². The molecule has 0 bridgehead atoms. The number of rotatable bonds is 4. The highest BCUT2D eigenvalue weighted by atomic mass is 16.6. The van der Waals surface area contributed by atoms with Crippen molar-refractivity contribution in [3.05, 3.63) is 46.3 Å². The van der Waals surface area contributed by atoms with Crippen LogP contribution in [0.25, 0.3) is 0 Å². The number of carbonyl (C=O) groups is 1. The van der Waals surface area contributed by atoms with Crippen LogP contribution in [0.4, 0.5) is 23.0 Å². The van der Waals surface area contributed by atoms with E-state index in [0.29, 0.717) is 44.1 Å². The summed E-state index contributed by atoms with van der Waals surface area (Å²) in [5.74, 6) is 0.219. The minimum absolute atomic E-state index is 0.0873. The number of ether oxygens (including phenoxy) is 1. The third-order valence-electron chi connectivity index (χ3n) is 5.44. The fourth-order valence-corrected chi connectivity index (χ4v) is 4.00. The number of anilines is 3. The van der Waals surface area contributed by atoms with E-state index in [-0.39, 0.29) is 17.6 Å². The number of piperidine rings is 1. The summed E-state index contributed by atoms with van der Waals surface area (Å²) in [5.41, 5.74) is 2.01. The van der Waals surface area contributed by atoms with E-state index in [9.17, 15) is 14.9 Å². The number of esters is 1. The number of methoxy groups -OCH3 is 1. The van der Waals surface area contributed by atoms with Gasteiger partial charge in [0, 0.05) is 25.3 Å². The number of benzene rings is 1. The van der Waals surface area contributed by atoms with E-state index < -0.39 is 4.92 Å². The fourth-order valence-electron chi connectivity index (χ4n) is 4.00. The molecule has 9 nitrogen and oxygen atoms in total. The van der Waals surface area contributed by atoms with Gasteiger partial charge in [-0.2, -0.15) is 0 Å². The zero-order valence-corrected chi connectivity index (χ0v) is 15.6. The number of hydrogen-bond donors (Lipinski definition) is 0. The predicted octanol–water partition coefficient (Wildman–Crippen LogP) is 2.47. The first kappa shape index (κ1) is 18.1. The van der Waals surface area contributed by atoms with Crippen LogP contribution in [0.2, 0.25) is 0 Å². The summed E-state index contributed by atoms with van der Waals surface area (Å²) >= 11 is 0. The molecular formula is C19H21N5O4. The van der Waals surface area contributed by atoms with Crippen LogP contribution >= 0.6 is 0 Å². The largest absolute Gasteiger partial charge is 0.469 e. The van der Waals surface area contributed by atoms with E-state index in [1.54, 1.807) is 0 Å². The summed E-state index contributed by atoms with van der Waals surface area (Å²) < 4.78 is 4.81. The van der Waals surface area contributed by atoms with E-state index >= 15 is 0 Å². The van der Waals surface area contributed by atoms with Crippen molar-refractivity contribution in [3.8, 4) is 0 Å². The van der Waals surface area contributed by atoms with Crippen molar-refractivity contribution in [2.24, 2.45) is 5.92 Å². The smallest absolute Gasteiger partial charge is 0.353 e. The van der Waals surface area contributed by atoms with E-state index in [1.807, 2.05) is 34.1 Å². The van der Waals surface area contributed by atoms with Crippen molar-refractivity contribution in [3.63, 3.8) is 0 Å².